The number of nitrogens with zero attached hydrogens (tertiary/aromatic N) is 1. The molecule has 0 saturated carbocycles. The summed E-state index contributed by atoms with van der Waals surface area (Å²) in [6, 6.07) is 7.33. The monoisotopic (exact) mass is 250 g/mol. The van der Waals surface area contributed by atoms with Gasteiger partial charge in [0.15, 0.2) is 5.78 Å². The van der Waals surface area contributed by atoms with Crippen LogP contribution >= 0.6 is 0 Å². The van der Waals surface area contributed by atoms with Gasteiger partial charge in [0, 0.05) is 19.6 Å². The van der Waals surface area contributed by atoms with E-state index in [2.05, 4.69) is 11.8 Å². The van der Waals surface area contributed by atoms with Gasteiger partial charge in [-0.1, -0.05) is 19.1 Å². The van der Waals surface area contributed by atoms with Crippen LogP contribution in [-0.2, 0) is 0 Å². The second-order valence-electron chi connectivity index (χ2n) is 4.12. The topological polar surface area (TPSA) is 55.6 Å². The molecule has 1 aromatic rings. The van der Waals surface area contributed by atoms with E-state index in [1.807, 2.05) is 18.2 Å². The maximum absolute atomic E-state index is 11.4. The number of rotatable bonds is 8. The summed E-state index contributed by atoms with van der Waals surface area (Å²) in [5, 5.41) is 0. The van der Waals surface area contributed by atoms with Crippen molar-refractivity contribution in [3.63, 3.8) is 0 Å². The van der Waals surface area contributed by atoms with E-state index in [1.54, 1.807) is 13.0 Å². The minimum atomic E-state index is 0.0277. The highest BCUT2D eigenvalue weighted by Crippen LogP contribution is 2.18. The van der Waals surface area contributed by atoms with Crippen LogP contribution in [0.5, 0.6) is 5.75 Å². The molecule has 0 atom stereocenters. The zero-order valence-electron chi connectivity index (χ0n) is 11.2. The number of Topliss-reactive ketones (excluding diaryl/α,β-unsaturated/α-hetero) is 1. The minimum absolute atomic E-state index is 0.0277. The summed E-state index contributed by atoms with van der Waals surface area (Å²) in [5.41, 5.74) is 6.16. The van der Waals surface area contributed by atoms with Gasteiger partial charge in [-0.15, -0.1) is 0 Å². The Morgan fingerprint density at radius 1 is 1.33 bits per heavy atom. The van der Waals surface area contributed by atoms with Crippen molar-refractivity contribution in [1.82, 2.24) is 4.90 Å². The molecule has 1 aromatic carbocycles. The summed E-state index contributed by atoms with van der Waals surface area (Å²) in [7, 11) is 0. The first kappa shape index (κ1) is 14.7. The summed E-state index contributed by atoms with van der Waals surface area (Å²) in [5.74, 6) is 0.689. The smallest absolute Gasteiger partial charge is 0.163 e. The van der Waals surface area contributed by atoms with Crippen molar-refractivity contribution in [2.45, 2.75) is 13.8 Å². The quantitative estimate of drug-likeness (QED) is 0.711. The molecule has 0 amide bonds. The van der Waals surface area contributed by atoms with Crippen LogP contribution in [0.15, 0.2) is 24.3 Å². The molecule has 1 rings (SSSR count). The van der Waals surface area contributed by atoms with Crippen molar-refractivity contribution >= 4 is 5.78 Å². The van der Waals surface area contributed by atoms with Gasteiger partial charge in [0.25, 0.3) is 0 Å². The van der Waals surface area contributed by atoms with Crippen molar-refractivity contribution in [2.24, 2.45) is 5.73 Å². The maximum atomic E-state index is 11.4. The Morgan fingerprint density at radius 3 is 2.67 bits per heavy atom. The van der Waals surface area contributed by atoms with Crippen molar-refractivity contribution in [2.75, 3.05) is 32.8 Å². The van der Waals surface area contributed by atoms with E-state index in [9.17, 15) is 4.79 Å². The van der Waals surface area contributed by atoms with E-state index in [1.165, 1.54) is 0 Å². The molecule has 2 N–H and O–H groups in total. The highest BCUT2D eigenvalue weighted by atomic mass is 16.5. The predicted molar refractivity (Wildman–Crippen MR) is 73.1 cm³/mol. The lowest BCUT2D eigenvalue weighted by molar-refractivity contribution is 0.101. The SMILES string of the molecule is CCN(CCN)CCOc1ccccc1C(C)=O. The molecule has 0 bridgehead atoms. The average Bonchev–Trinajstić information content (AvgIpc) is 2.38. The van der Waals surface area contributed by atoms with E-state index in [4.69, 9.17) is 10.5 Å². The second kappa shape index (κ2) is 7.84. The molecule has 0 fully saturated rings. The van der Waals surface area contributed by atoms with Gasteiger partial charge in [-0.25, -0.2) is 0 Å². The summed E-state index contributed by atoms with van der Waals surface area (Å²) < 4.78 is 5.67. The van der Waals surface area contributed by atoms with Crippen LogP contribution in [0, 0.1) is 0 Å². The average molecular weight is 250 g/mol. The summed E-state index contributed by atoms with van der Waals surface area (Å²) in [6.07, 6.45) is 0. The zero-order chi connectivity index (χ0) is 13.4. The Hall–Kier alpha value is -1.39. The lowest BCUT2D eigenvalue weighted by atomic mass is 10.1. The van der Waals surface area contributed by atoms with E-state index in [0.29, 0.717) is 24.5 Å². The maximum Gasteiger partial charge on any atom is 0.163 e. The number of hydrogen-bond donors (Lipinski definition) is 1. The van der Waals surface area contributed by atoms with Gasteiger partial charge in [0.05, 0.1) is 5.56 Å². The summed E-state index contributed by atoms with van der Waals surface area (Å²) >= 11 is 0. The molecule has 0 unspecified atom stereocenters. The van der Waals surface area contributed by atoms with E-state index in [-0.39, 0.29) is 5.78 Å². The van der Waals surface area contributed by atoms with Crippen LogP contribution in [0.4, 0.5) is 0 Å². The van der Waals surface area contributed by atoms with Crippen LogP contribution in [-0.4, -0.2) is 43.5 Å². The molecule has 0 aromatic heterocycles. The largest absolute Gasteiger partial charge is 0.491 e. The molecular weight excluding hydrogens is 228 g/mol. The first-order valence-electron chi connectivity index (χ1n) is 6.34. The number of ketones is 1. The molecule has 0 aliphatic heterocycles. The van der Waals surface area contributed by atoms with Gasteiger partial charge in [-0.05, 0) is 25.6 Å². The lowest BCUT2D eigenvalue weighted by Crippen LogP contribution is -2.33. The number of benzene rings is 1. The first-order valence-corrected chi connectivity index (χ1v) is 6.34. The number of carbonyl (C=O) groups excluding carboxylic acids is 1. The third kappa shape index (κ3) is 4.47. The molecule has 100 valence electrons. The molecule has 0 aliphatic rings. The van der Waals surface area contributed by atoms with Crippen LogP contribution in [0.2, 0.25) is 0 Å². The van der Waals surface area contributed by atoms with Gasteiger partial charge in [-0.2, -0.15) is 0 Å². The molecule has 18 heavy (non-hydrogen) atoms. The molecule has 0 spiro atoms. The lowest BCUT2D eigenvalue weighted by Gasteiger charge is -2.19. The molecule has 4 heteroatoms. The fourth-order valence-electron chi connectivity index (χ4n) is 1.78. The predicted octanol–water partition coefficient (Wildman–Crippen LogP) is 1.55. The molecule has 0 saturated heterocycles. The van der Waals surface area contributed by atoms with Crippen LogP contribution in [0.3, 0.4) is 0 Å². The van der Waals surface area contributed by atoms with Crippen LogP contribution in [0.1, 0.15) is 24.2 Å². The number of hydrogen-bond acceptors (Lipinski definition) is 4. The van der Waals surface area contributed by atoms with E-state index >= 15 is 0 Å². The standard InChI is InChI=1S/C14H22N2O2/c1-3-16(9-8-15)10-11-18-14-7-5-4-6-13(14)12(2)17/h4-7H,3,8-11,15H2,1-2H3. The Labute approximate surface area is 109 Å². The first-order chi connectivity index (χ1) is 8.69. The number of carbonyl (C=O) groups is 1. The Kier molecular flexibility index (Phi) is 6.39. The number of nitrogens with two attached hydrogens (primary N) is 1. The fraction of sp³-hybridized carbons (Fsp3) is 0.500. The van der Waals surface area contributed by atoms with Crippen molar-refractivity contribution in [3.8, 4) is 5.75 Å². The normalized spacial score (nSPS) is 10.7. The van der Waals surface area contributed by atoms with Gasteiger partial charge >= 0.3 is 0 Å². The Bertz CT molecular complexity index is 380. The van der Waals surface area contributed by atoms with E-state index < -0.39 is 0 Å². The van der Waals surface area contributed by atoms with Crippen molar-refractivity contribution < 1.29 is 9.53 Å². The zero-order valence-corrected chi connectivity index (χ0v) is 11.2. The van der Waals surface area contributed by atoms with Crippen LogP contribution < -0.4 is 10.5 Å². The fourth-order valence-corrected chi connectivity index (χ4v) is 1.78. The molecular formula is C14H22N2O2. The number of ether oxygens (including phenoxy) is 1. The number of likely N-dealkylation sites (N-methyl/N-ethyl adjacent to an activating group) is 1. The summed E-state index contributed by atoms with van der Waals surface area (Å²) in [6.45, 7) is 7.51. The van der Waals surface area contributed by atoms with Gasteiger partial charge in [-0.3, -0.25) is 9.69 Å². The summed E-state index contributed by atoms with van der Waals surface area (Å²) in [4.78, 5) is 13.6. The highest BCUT2D eigenvalue weighted by molar-refractivity contribution is 5.96. The Balaban J connectivity index is 2.50. The van der Waals surface area contributed by atoms with Gasteiger partial charge in [0.2, 0.25) is 0 Å². The molecule has 0 heterocycles. The Morgan fingerprint density at radius 2 is 2.06 bits per heavy atom. The number of para-hydroxylation sites is 1. The van der Waals surface area contributed by atoms with Gasteiger partial charge < -0.3 is 10.5 Å². The third-order valence-corrected chi connectivity index (χ3v) is 2.82. The minimum Gasteiger partial charge on any atom is -0.491 e. The second-order valence-corrected chi connectivity index (χ2v) is 4.12. The molecule has 4 nitrogen and oxygen atoms in total. The molecule has 0 aliphatic carbocycles. The molecule has 0 radical (unpaired) electrons. The van der Waals surface area contributed by atoms with Crippen molar-refractivity contribution in [1.29, 1.82) is 0 Å². The van der Waals surface area contributed by atoms with Gasteiger partial charge in [0.1, 0.15) is 12.4 Å². The highest BCUT2D eigenvalue weighted by Gasteiger charge is 2.07. The van der Waals surface area contributed by atoms with Crippen molar-refractivity contribution in [3.05, 3.63) is 29.8 Å². The van der Waals surface area contributed by atoms with E-state index in [0.717, 1.165) is 19.6 Å². The van der Waals surface area contributed by atoms with Crippen LogP contribution in [0.25, 0.3) is 0 Å². The third-order valence-electron chi connectivity index (χ3n) is 2.82.